The molecule has 1 amide bonds. The molecule has 5 aromatic rings. The fourth-order valence-electron chi connectivity index (χ4n) is 4.35. The van der Waals surface area contributed by atoms with E-state index in [0.717, 1.165) is 21.9 Å². The maximum Gasteiger partial charge on any atom is 0.291 e. The Morgan fingerprint density at radius 3 is 2.62 bits per heavy atom. The van der Waals surface area contributed by atoms with Gasteiger partial charge in [0.2, 0.25) is 12.7 Å². The van der Waals surface area contributed by atoms with Crippen LogP contribution in [0.25, 0.3) is 21.8 Å². The molecule has 3 aromatic carbocycles. The van der Waals surface area contributed by atoms with E-state index in [0.29, 0.717) is 29.2 Å². The zero-order valence-electron chi connectivity index (χ0n) is 18.1. The number of nitrogens with zero attached hydrogens (tertiary/aromatic N) is 3. The van der Waals surface area contributed by atoms with Crippen molar-refractivity contribution < 1.29 is 14.3 Å². The number of amides is 1. The number of nitrogens with one attached hydrogen (secondary N) is 1. The largest absolute Gasteiger partial charge is 0.454 e. The lowest BCUT2D eigenvalue weighted by Crippen LogP contribution is -2.30. The number of fused-ring (bicyclic) bond motifs is 4. The number of anilines is 1. The van der Waals surface area contributed by atoms with E-state index in [1.807, 2.05) is 59.2 Å². The van der Waals surface area contributed by atoms with Crippen LogP contribution in [0.1, 0.15) is 5.56 Å². The van der Waals surface area contributed by atoms with Gasteiger partial charge in [-0.2, -0.15) is 5.10 Å². The molecule has 0 unspecified atom stereocenters. The first-order valence-corrected chi connectivity index (χ1v) is 10.9. The van der Waals surface area contributed by atoms with Crippen molar-refractivity contribution in [3.8, 4) is 11.5 Å². The Hall–Kier alpha value is -4.59. The summed E-state index contributed by atoms with van der Waals surface area (Å²) >= 11 is 0. The van der Waals surface area contributed by atoms with Crippen molar-refractivity contribution in [3.63, 3.8) is 0 Å². The van der Waals surface area contributed by atoms with Gasteiger partial charge in [0.15, 0.2) is 11.5 Å². The fraction of sp³-hybridized carbons (Fsp3) is 0.115. The maximum absolute atomic E-state index is 13.5. The normalized spacial score (nSPS) is 12.4. The summed E-state index contributed by atoms with van der Waals surface area (Å²) in [7, 11) is 0. The first-order valence-electron chi connectivity index (χ1n) is 10.9. The van der Waals surface area contributed by atoms with Crippen LogP contribution in [0.2, 0.25) is 0 Å². The second-order valence-corrected chi connectivity index (χ2v) is 8.07. The fourth-order valence-corrected chi connectivity index (χ4v) is 4.35. The molecule has 1 aliphatic rings. The number of benzene rings is 3. The van der Waals surface area contributed by atoms with Gasteiger partial charge in [-0.05, 0) is 23.8 Å². The van der Waals surface area contributed by atoms with Crippen molar-refractivity contribution in [2.45, 2.75) is 13.1 Å². The van der Waals surface area contributed by atoms with E-state index in [1.54, 1.807) is 24.4 Å². The van der Waals surface area contributed by atoms with Crippen LogP contribution < -0.4 is 20.3 Å². The summed E-state index contributed by atoms with van der Waals surface area (Å²) < 4.78 is 13.8. The quantitative estimate of drug-likeness (QED) is 0.439. The number of para-hydroxylation sites is 1. The Morgan fingerprint density at radius 2 is 1.74 bits per heavy atom. The summed E-state index contributed by atoms with van der Waals surface area (Å²) in [5.74, 6) is 0.839. The molecular formula is C26H20N4O4. The Labute approximate surface area is 193 Å². The van der Waals surface area contributed by atoms with Gasteiger partial charge in [0, 0.05) is 34.6 Å². The molecule has 3 heterocycles. The molecule has 6 rings (SSSR count). The van der Waals surface area contributed by atoms with Crippen LogP contribution in [0.4, 0.5) is 5.69 Å². The molecule has 0 saturated carbocycles. The average molecular weight is 452 g/mol. The second-order valence-electron chi connectivity index (χ2n) is 8.07. The van der Waals surface area contributed by atoms with Gasteiger partial charge in [0.25, 0.3) is 5.56 Å². The zero-order valence-corrected chi connectivity index (χ0v) is 18.1. The molecule has 8 heteroatoms. The van der Waals surface area contributed by atoms with Crippen molar-refractivity contribution >= 4 is 33.4 Å². The van der Waals surface area contributed by atoms with Crippen LogP contribution in [0, 0.1) is 0 Å². The highest BCUT2D eigenvalue weighted by molar-refractivity contribution is 6.07. The molecule has 0 fully saturated rings. The van der Waals surface area contributed by atoms with Gasteiger partial charge in [0.1, 0.15) is 12.1 Å². The maximum atomic E-state index is 13.5. The topological polar surface area (TPSA) is 87.4 Å². The molecule has 0 atom stereocenters. The summed E-state index contributed by atoms with van der Waals surface area (Å²) in [4.78, 5) is 26.2. The molecule has 0 bridgehead atoms. The van der Waals surface area contributed by atoms with E-state index in [9.17, 15) is 9.59 Å². The predicted octanol–water partition coefficient (Wildman–Crippen LogP) is 3.77. The van der Waals surface area contributed by atoms with Crippen LogP contribution in [0.15, 0.2) is 83.8 Å². The van der Waals surface area contributed by atoms with E-state index in [4.69, 9.17) is 9.47 Å². The Morgan fingerprint density at radius 1 is 0.941 bits per heavy atom. The first kappa shape index (κ1) is 20.0. The number of carbonyl (C=O) groups excluding carboxylic acids is 1. The molecule has 0 saturated heterocycles. The molecule has 168 valence electrons. The molecule has 0 aliphatic carbocycles. The molecule has 34 heavy (non-hydrogen) atoms. The molecule has 2 aromatic heterocycles. The first-order chi connectivity index (χ1) is 16.7. The lowest BCUT2D eigenvalue weighted by molar-refractivity contribution is -0.117. The third kappa shape index (κ3) is 3.45. The summed E-state index contributed by atoms with van der Waals surface area (Å²) in [5, 5.41) is 8.82. The van der Waals surface area contributed by atoms with Crippen LogP contribution in [-0.2, 0) is 17.9 Å². The highest BCUT2D eigenvalue weighted by Gasteiger charge is 2.18. The van der Waals surface area contributed by atoms with Gasteiger partial charge in [-0.15, -0.1) is 0 Å². The minimum Gasteiger partial charge on any atom is -0.454 e. The highest BCUT2D eigenvalue weighted by atomic mass is 16.7. The number of hydrogen-bond acceptors (Lipinski definition) is 5. The Balaban J connectivity index is 1.36. The average Bonchev–Trinajstić information content (AvgIpc) is 3.44. The van der Waals surface area contributed by atoms with Gasteiger partial charge < -0.3 is 19.4 Å². The van der Waals surface area contributed by atoms with Crippen molar-refractivity contribution in [3.05, 3.63) is 94.9 Å². The third-order valence-electron chi connectivity index (χ3n) is 5.91. The molecule has 1 aliphatic heterocycles. The van der Waals surface area contributed by atoms with Crippen molar-refractivity contribution in [2.75, 3.05) is 12.1 Å². The molecule has 8 nitrogen and oxygen atoms in total. The van der Waals surface area contributed by atoms with Gasteiger partial charge in [-0.1, -0.05) is 48.5 Å². The number of ether oxygens (including phenoxy) is 2. The van der Waals surface area contributed by atoms with E-state index >= 15 is 0 Å². The zero-order chi connectivity index (χ0) is 23.1. The Kier molecular flexibility index (Phi) is 4.76. The minimum atomic E-state index is -0.362. The van der Waals surface area contributed by atoms with E-state index in [1.165, 1.54) is 4.68 Å². The Bertz CT molecular complexity index is 1600. The number of carbonyl (C=O) groups is 1. The molecule has 1 N–H and O–H groups in total. The SMILES string of the molecule is O=C(Cn1ncc2c3ccccc3n(Cc3ccccc3)c2c1=O)Nc1ccc2c(c1)OCO2. The summed E-state index contributed by atoms with van der Waals surface area (Å²) in [6, 6.07) is 23.0. The highest BCUT2D eigenvalue weighted by Crippen LogP contribution is 2.34. The van der Waals surface area contributed by atoms with Crippen molar-refractivity contribution in [1.82, 2.24) is 14.3 Å². The van der Waals surface area contributed by atoms with Crippen LogP contribution in [0.5, 0.6) is 11.5 Å². The van der Waals surface area contributed by atoms with Crippen molar-refractivity contribution in [2.24, 2.45) is 0 Å². The molecule has 0 radical (unpaired) electrons. The summed E-state index contributed by atoms with van der Waals surface area (Å²) in [6.45, 7) is 0.479. The molecular weight excluding hydrogens is 432 g/mol. The van der Waals surface area contributed by atoms with Crippen molar-refractivity contribution in [1.29, 1.82) is 0 Å². The van der Waals surface area contributed by atoms with E-state index in [2.05, 4.69) is 10.4 Å². The smallest absolute Gasteiger partial charge is 0.291 e. The lowest BCUT2D eigenvalue weighted by atomic mass is 10.2. The van der Waals surface area contributed by atoms with Crippen LogP contribution in [-0.4, -0.2) is 27.0 Å². The minimum absolute atomic E-state index is 0.156. The number of aromatic nitrogens is 3. The third-order valence-corrected chi connectivity index (χ3v) is 5.91. The monoisotopic (exact) mass is 452 g/mol. The van der Waals surface area contributed by atoms with Gasteiger partial charge >= 0.3 is 0 Å². The van der Waals surface area contributed by atoms with E-state index in [-0.39, 0.29) is 24.8 Å². The lowest BCUT2D eigenvalue weighted by Gasteiger charge is -2.10. The predicted molar refractivity (Wildman–Crippen MR) is 128 cm³/mol. The molecule has 0 spiro atoms. The summed E-state index contributed by atoms with van der Waals surface area (Å²) in [5.41, 5.74) is 2.79. The van der Waals surface area contributed by atoms with Gasteiger partial charge in [0.05, 0.1) is 6.20 Å². The standard InChI is InChI=1S/C26H20N4O4/c31-24(28-18-10-11-22-23(12-18)34-16-33-22)15-30-26(32)25-20(13-27-30)19-8-4-5-9-21(19)29(25)14-17-6-2-1-3-7-17/h1-13H,14-16H2,(H,28,31). The second kappa shape index (κ2) is 8.08. The van der Waals surface area contributed by atoms with E-state index < -0.39 is 0 Å². The van der Waals surface area contributed by atoms with Crippen LogP contribution in [0.3, 0.4) is 0 Å². The van der Waals surface area contributed by atoms with Gasteiger partial charge in [-0.25, -0.2) is 4.68 Å². The number of rotatable bonds is 5. The van der Waals surface area contributed by atoms with Gasteiger partial charge in [-0.3, -0.25) is 9.59 Å². The number of hydrogen-bond donors (Lipinski definition) is 1. The van der Waals surface area contributed by atoms with Crippen LogP contribution >= 0.6 is 0 Å². The summed E-state index contributed by atoms with van der Waals surface area (Å²) in [6.07, 6.45) is 1.66.